The van der Waals surface area contributed by atoms with Gasteiger partial charge in [-0.2, -0.15) is 0 Å². The van der Waals surface area contributed by atoms with Crippen LogP contribution in [0.25, 0.3) is 0 Å². The number of rotatable bonds is 2. The first-order valence-electron chi connectivity index (χ1n) is 6.51. The zero-order chi connectivity index (χ0) is 15.2. The minimum Gasteiger partial charge on any atom is -0.495 e. The van der Waals surface area contributed by atoms with Crippen LogP contribution in [0.2, 0.25) is 5.02 Å². The Labute approximate surface area is 127 Å². The van der Waals surface area contributed by atoms with E-state index in [0.29, 0.717) is 16.5 Å². The minimum atomic E-state index is -3.13. The third kappa shape index (κ3) is 2.61. The Bertz CT molecular complexity index is 691. The summed E-state index contributed by atoms with van der Waals surface area (Å²) in [6.45, 7) is 0.125. The van der Waals surface area contributed by atoms with Crippen molar-refractivity contribution in [1.82, 2.24) is 5.32 Å². The monoisotopic (exact) mass is 330 g/mol. The molecule has 1 N–H and O–H groups in total. The fourth-order valence-electron chi connectivity index (χ4n) is 2.91. The van der Waals surface area contributed by atoms with Crippen LogP contribution in [0.15, 0.2) is 18.2 Å². The first-order chi connectivity index (χ1) is 9.91. The van der Waals surface area contributed by atoms with Gasteiger partial charge in [-0.1, -0.05) is 11.6 Å². The molecular weight excluding hydrogens is 316 g/mol. The number of carbonyl (C=O) groups is 1. The molecule has 21 heavy (non-hydrogen) atoms. The van der Waals surface area contributed by atoms with E-state index in [4.69, 9.17) is 16.3 Å². The van der Waals surface area contributed by atoms with Gasteiger partial charge in [0, 0.05) is 11.7 Å². The number of carbonyl (C=O) groups excluding carboxylic acids is 1. The lowest BCUT2D eigenvalue weighted by Crippen LogP contribution is -2.60. The van der Waals surface area contributed by atoms with Gasteiger partial charge in [0.25, 0.3) is 0 Å². The number of fused-ring (bicyclic) bond motifs is 1. The highest BCUT2D eigenvalue weighted by Gasteiger charge is 2.46. The number of nitrogens with zero attached hydrogens (tertiary/aromatic N) is 1. The van der Waals surface area contributed by atoms with Crippen molar-refractivity contribution in [3.8, 4) is 5.75 Å². The molecule has 2 aliphatic rings. The van der Waals surface area contributed by atoms with E-state index in [1.807, 2.05) is 0 Å². The molecule has 2 saturated heterocycles. The number of halogens is 1. The van der Waals surface area contributed by atoms with E-state index < -0.39 is 9.84 Å². The van der Waals surface area contributed by atoms with Gasteiger partial charge in [0.15, 0.2) is 9.84 Å². The fourth-order valence-corrected chi connectivity index (χ4v) is 5.08. The number of benzene rings is 1. The molecule has 2 atom stereocenters. The molecule has 0 unspecified atom stereocenters. The number of hydrogen-bond donors (Lipinski definition) is 1. The summed E-state index contributed by atoms with van der Waals surface area (Å²) in [6.07, 6.45) is 0. The van der Waals surface area contributed by atoms with Crippen LogP contribution in [-0.4, -0.2) is 51.6 Å². The first kappa shape index (κ1) is 14.6. The maximum absolute atomic E-state index is 12.2. The Morgan fingerprint density at radius 2 is 2.14 bits per heavy atom. The van der Waals surface area contributed by atoms with Crippen LogP contribution in [0.3, 0.4) is 0 Å². The van der Waals surface area contributed by atoms with Gasteiger partial charge in [-0.3, -0.25) is 4.79 Å². The Hall–Kier alpha value is -1.31. The van der Waals surface area contributed by atoms with Gasteiger partial charge in [0.2, 0.25) is 5.91 Å². The minimum absolute atomic E-state index is 0.0277. The van der Waals surface area contributed by atoms with Crippen LogP contribution >= 0.6 is 11.6 Å². The second-order valence-electron chi connectivity index (χ2n) is 5.21. The average molecular weight is 331 g/mol. The molecule has 2 fully saturated rings. The summed E-state index contributed by atoms with van der Waals surface area (Å²) in [4.78, 5) is 13.7. The summed E-state index contributed by atoms with van der Waals surface area (Å²) in [5, 5.41) is 3.38. The molecule has 0 radical (unpaired) electrons. The molecule has 2 heterocycles. The van der Waals surface area contributed by atoms with Gasteiger partial charge in [0.05, 0.1) is 36.2 Å². The molecule has 1 aromatic rings. The number of ether oxygens (including phenoxy) is 1. The number of piperazine rings is 1. The molecule has 0 aliphatic carbocycles. The Morgan fingerprint density at radius 3 is 2.81 bits per heavy atom. The average Bonchev–Trinajstić information content (AvgIpc) is 2.72. The van der Waals surface area contributed by atoms with E-state index >= 15 is 0 Å². The maximum atomic E-state index is 12.2. The number of anilines is 1. The van der Waals surface area contributed by atoms with E-state index in [9.17, 15) is 13.2 Å². The maximum Gasteiger partial charge on any atom is 0.241 e. The molecule has 0 saturated carbocycles. The summed E-state index contributed by atoms with van der Waals surface area (Å²) in [7, 11) is -1.62. The van der Waals surface area contributed by atoms with Gasteiger partial charge in [-0.05, 0) is 18.2 Å². The van der Waals surface area contributed by atoms with Crippen molar-refractivity contribution in [2.75, 3.05) is 30.1 Å². The number of hydrogen-bond acceptors (Lipinski definition) is 5. The summed E-state index contributed by atoms with van der Waals surface area (Å²) >= 11 is 6.10. The van der Waals surface area contributed by atoms with Gasteiger partial charge in [0.1, 0.15) is 5.75 Å². The molecule has 1 aromatic carbocycles. The van der Waals surface area contributed by atoms with Crippen LogP contribution in [0.1, 0.15) is 0 Å². The highest BCUT2D eigenvalue weighted by atomic mass is 35.5. The molecule has 114 valence electrons. The molecular formula is C13H15ClN2O4S. The standard InChI is InChI=1S/C13H15ClN2O4S/c1-20-12-3-2-8(4-9(12)14)16-11-7-21(18,19)6-10(11)15-5-13(16)17/h2-4,10-11,15H,5-7H2,1H3/t10-,11+/m1/s1. The zero-order valence-electron chi connectivity index (χ0n) is 11.4. The lowest BCUT2D eigenvalue weighted by Gasteiger charge is -2.37. The van der Waals surface area contributed by atoms with Crippen molar-refractivity contribution in [2.24, 2.45) is 0 Å². The summed E-state index contributed by atoms with van der Waals surface area (Å²) < 4.78 is 28.7. The summed E-state index contributed by atoms with van der Waals surface area (Å²) in [5.74, 6) is 0.388. The van der Waals surface area contributed by atoms with E-state index in [-0.39, 0.29) is 36.0 Å². The highest BCUT2D eigenvalue weighted by molar-refractivity contribution is 7.91. The van der Waals surface area contributed by atoms with Crippen molar-refractivity contribution in [3.63, 3.8) is 0 Å². The number of nitrogens with one attached hydrogen (secondary N) is 1. The normalized spacial score (nSPS) is 27.5. The molecule has 6 nitrogen and oxygen atoms in total. The predicted molar refractivity (Wildman–Crippen MR) is 79.7 cm³/mol. The molecule has 2 aliphatic heterocycles. The lowest BCUT2D eigenvalue weighted by molar-refractivity contribution is -0.119. The Balaban J connectivity index is 1.99. The van der Waals surface area contributed by atoms with Gasteiger partial charge >= 0.3 is 0 Å². The van der Waals surface area contributed by atoms with Crippen molar-refractivity contribution < 1.29 is 17.9 Å². The van der Waals surface area contributed by atoms with E-state index in [2.05, 4.69) is 5.32 Å². The molecule has 0 aromatic heterocycles. The molecule has 3 rings (SSSR count). The quantitative estimate of drug-likeness (QED) is 0.852. The summed E-state index contributed by atoms with van der Waals surface area (Å²) in [6, 6.07) is 4.40. The Kier molecular flexibility index (Phi) is 3.59. The predicted octanol–water partition coefficient (Wildman–Crippen LogP) is 0.450. The fraction of sp³-hybridized carbons (Fsp3) is 0.462. The van der Waals surface area contributed by atoms with Crippen molar-refractivity contribution in [3.05, 3.63) is 23.2 Å². The van der Waals surface area contributed by atoms with E-state index in [1.165, 1.54) is 12.0 Å². The smallest absolute Gasteiger partial charge is 0.241 e. The van der Waals surface area contributed by atoms with Crippen molar-refractivity contribution >= 4 is 33.0 Å². The number of amides is 1. The largest absolute Gasteiger partial charge is 0.495 e. The van der Waals surface area contributed by atoms with Crippen LogP contribution in [0.5, 0.6) is 5.75 Å². The highest BCUT2D eigenvalue weighted by Crippen LogP contribution is 2.33. The van der Waals surface area contributed by atoms with Gasteiger partial charge in [-0.15, -0.1) is 0 Å². The number of methoxy groups -OCH3 is 1. The Morgan fingerprint density at radius 1 is 1.38 bits per heavy atom. The third-order valence-electron chi connectivity index (χ3n) is 3.85. The van der Waals surface area contributed by atoms with Crippen LogP contribution < -0.4 is 15.0 Å². The van der Waals surface area contributed by atoms with Gasteiger partial charge < -0.3 is 15.0 Å². The second kappa shape index (κ2) is 5.15. The van der Waals surface area contributed by atoms with Crippen LogP contribution in [-0.2, 0) is 14.6 Å². The van der Waals surface area contributed by atoms with E-state index in [1.54, 1.807) is 18.2 Å². The molecule has 8 heteroatoms. The summed E-state index contributed by atoms with van der Waals surface area (Å²) in [5.41, 5.74) is 0.597. The molecule has 1 amide bonds. The van der Waals surface area contributed by atoms with Crippen molar-refractivity contribution in [2.45, 2.75) is 12.1 Å². The molecule has 0 spiro atoms. The van der Waals surface area contributed by atoms with Crippen molar-refractivity contribution in [1.29, 1.82) is 0 Å². The first-order valence-corrected chi connectivity index (χ1v) is 8.70. The van der Waals surface area contributed by atoms with E-state index in [0.717, 1.165) is 0 Å². The molecule has 0 bridgehead atoms. The number of sulfone groups is 1. The third-order valence-corrected chi connectivity index (χ3v) is 5.86. The zero-order valence-corrected chi connectivity index (χ0v) is 12.9. The lowest BCUT2D eigenvalue weighted by atomic mass is 10.1. The van der Waals surface area contributed by atoms with Crippen LogP contribution in [0.4, 0.5) is 5.69 Å². The van der Waals surface area contributed by atoms with Crippen LogP contribution in [0, 0.1) is 0 Å². The SMILES string of the molecule is COc1ccc(N2C(=O)CN[C@@H]3CS(=O)(=O)C[C@@H]32)cc1Cl. The topological polar surface area (TPSA) is 75.7 Å². The second-order valence-corrected chi connectivity index (χ2v) is 7.78. The van der Waals surface area contributed by atoms with Gasteiger partial charge in [-0.25, -0.2) is 8.42 Å².